The second kappa shape index (κ2) is 6.34. The molecule has 0 amide bonds. The van der Waals surface area contributed by atoms with Gasteiger partial charge in [-0.3, -0.25) is 0 Å². The summed E-state index contributed by atoms with van der Waals surface area (Å²) < 4.78 is 5.63. The Hall–Kier alpha value is -1.87. The van der Waals surface area contributed by atoms with Crippen LogP contribution in [0.4, 0.5) is 0 Å². The normalized spacial score (nSPS) is 11.2. The molecule has 2 rings (SSSR count). The summed E-state index contributed by atoms with van der Waals surface area (Å²) in [6.07, 6.45) is 2.03. The lowest BCUT2D eigenvalue weighted by Crippen LogP contribution is -2.00. The second-order valence-corrected chi connectivity index (χ2v) is 4.83. The third-order valence-electron chi connectivity index (χ3n) is 2.67. The average molecular weight is 317 g/mol. The van der Waals surface area contributed by atoms with E-state index in [-0.39, 0.29) is 5.97 Å². The van der Waals surface area contributed by atoms with E-state index in [9.17, 15) is 4.79 Å². The minimum absolute atomic E-state index is 0.324. The first kappa shape index (κ1) is 13.6. The van der Waals surface area contributed by atoms with Crippen LogP contribution in [0, 0.1) is 0 Å². The van der Waals surface area contributed by atoms with E-state index in [1.807, 2.05) is 48.5 Å². The lowest BCUT2D eigenvalue weighted by molar-refractivity contribution is 0.0601. The van der Waals surface area contributed by atoms with Crippen LogP contribution in [-0.2, 0) is 4.74 Å². The molecule has 0 saturated carbocycles. The highest BCUT2D eigenvalue weighted by Crippen LogP contribution is 2.24. The maximum atomic E-state index is 11.3. The van der Waals surface area contributed by atoms with Crippen molar-refractivity contribution in [3.8, 4) is 0 Å². The molecule has 0 aromatic heterocycles. The molecular formula is C16H13BrO2. The number of hydrogen-bond donors (Lipinski definition) is 0. The van der Waals surface area contributed by atoms with E-state index in [1.165, 1.54) is 7.11 Å². The molecule has 0 aliphatic heterocycles. The zero-order chi connectivity index (χ0) is 13.7. The molecule has 0 heterocycles. The van der Waals surface area contributed by atoms with Gasteiger partial charge in [0.05, 0.1) is 12.7 Å². The average Bonchev–Trinajstić information content (AvgIpc) is 2.47. The maximum absolute atomic E-state index is 11.3. The Kier molecular flexibility index (Phi) is 4.53. The molecule has 0 aliphatic carbocycles. The molecular weight excluding hydrogens is 304 g/mol. The van der Waals surface area contributed by atoms with Gasteiger partial charge < -0.3 is 4.74 Å². The topological polar surface area (TPSA) is 26.3 Å². The molecule has 0 bridgehead atoms. The predicted molar refractivity (Wildman–Crippen MR) is 81.0 cm³/mol. The van der Waals surface area contributed by atoms with Crippen LogP contribution in [0.3, 0.4) is 0 Å². The van der Waals surface area contributed by atoms with Gasteiger partial charge in [-0.1, -0.05) is 58.4 Å². The summed E-state index contributed by atoms with van der Waals surface area (Å²) in [6.45, 7) is 0. The van der Waals surface area contributed by atoms with E-state index in [1.54, 1.807) is 12.1 Å². The molecule has 3 heteroatoms. The van der Waals surface area contributed by atoms with E-state index in [0.717, 1.165) is 15.6 Å². The van der Waals surface area contributed by atoms with Crippen molar-refractivity contribution in [1.29, 1.82) is 0 Å². The number of hydrogen-bond acceptors (Lipinski definition) is 2. The molecule has 0 fully saturated rings. The Bertz CT molecular complexity index is 586. The number of esters is 1. The zero-order valence-corrected chi connectivity index (χ0v) is 12.1. The first-order chi connectivity index (χ1) is 9.20. The van der Waals surface area contributed by atoms with Crippen LogP contribution in [0.25, 0.3) is 10.6 Å². The molecule has 0 unspecified atom stereocenters. The van der Waals surface area contributed by atoms with Crippen LogP contribution in [-0.4, -0.2) is 13.1 Å². The van der Waals surface area contributed by atoms with E-state index in [0.29, 0.717) is 5.56 Å². The lowest BCUT2D eigenvalue weighted by atomic mass is 10.1. The highest BCUT2D eigenvalue weighted by Gasteiger charge is 2.05. The minimum atomic E-state index is -0.324. The summed E-state index contributed by atoms with van der Waals surface area (Å²) in [6, 6.07) is 17.3. The number of benzene rings is 2. The Morgan fingerprint density at radius 3 is 2.16 bits per heavy atom. The van der Waals surface area contributed by atoms with Crippen molar-refractivity contribution in [2.45, 2.75) is 0 Å². The van der Waals surface area contributed by atoms with Crippen molar-refractivity contribution in [2.24, 2.45) is 0 Å². The van der Waals surface area contributed by atoms with Crippen LogP contribution in [0.15, 0.2) is 54.6 Å². The first-order valence-corrected chi connectivity index (χ1v) is 6.61. The van der Waals surface area contributed by atoms with Crippen LogP contribution in [0.1, 0.15) is 21.5 Å². The molecule has 0 N–H and O–H groups in total. The molecule has 0 aliphatic rings. The number of rotatable bonds is 3. The molecule has 0 atom stereocenters. The van der Waals surface area contributed by atoms with Gasteiger partial charge in [0.2, 0.25) is 0 Å². The molecule has 0 spiro atoms. The van der Waals surface area contributed by atoms with E-state index in [4.69, 9.17) is 0 Å². The first-order valence-electron chi connectivity index (χ1n) is 5.81. The van der Waals surface area contributed by atoms with Gasteiger partial charge in [0.25, 0.3) is 0 Å². The molecule has 2 aromatic carbocycles. The lowest BCUT2D eigenvalue weighted by Gasteiger charge is -2.03. The van der Waals surface area contributed by atoms with Gasteiger partial charge in [-0.2, -0.15) is 0 Å². The smallest absolute Gasteiger partial charge is 0.337 e. The van der Waals surface area contributed by atoms with Gasteiger partial charge in [-0.05, 0) is 29.3 Å². The van der Waals surface area contributed by atoms with Crippen molar-refractivity contribution < 1.29 is 9.53 Å². The summed E-state index contributed by atoms with van der Waals surface area (Å²) in [5.74, 6) is -0.324. The highest BCUT2D eigenvalue weighted by atomic mass is 79.9. The third kappa shape index (κ3) is 3.55. The van der Waals surface area contributed by atoms with Gasteiger partial charge in [-0.25, -0.2) is 4.79 Å². The predicted octanol–water partition coefficient (Wildman–Crippen LogP) is 4.37. The SMILES string of the molecule is COC(=O)c1ccc(C(Br)=Cc2ccccc2)cc1. The number of halogens is 1. The quantitative estimate of drug-likeness (QED) is 0.621. The largest absolute Gasteiger partial charge is 0.465 e. The van der Waals surface area contributed by atoms with Crippen molar-refractivity contribution in [3.05, 3.63) is 71.3 Å². The fraction of sp³-hybridized carbons (Fsp3) is 0.0625. The number of ether oxygens (including phenoxy) is 1. The standard InChI is InChI=1S/C16H13BrO2/c1-19-16(18)14-9-7-13(8-10-14)15(17)11-12-5-3-2-4-6-12/h2-11H,1H3. The van der Waals surface area contributed by atoms with Gasteiger partial charge in [0.15, 0.2) is 0 Å². The summed E-state index contributed by atoms with van der Waals surface area (Å²) in [4.78, 5) is 11.3. The fourth-order valence-corrected chi connectivity index (χ4v) is 2.19. The number of carbonyl (C=O) groups excluding carboxylic acids is 1. The Balaban J connectivity index is 2.23. The molecule has 0 radical (unpaired) electrons. The van der Waals surface area contributed by atoms with Gasteiger partial charge in [0, 0.05) is 4.48 Å². The molecule has 0 saturated heterocycles. The Morgan fingerprint density at radius 1 is 1.00 bits per heavy atom. The maximum Gasteiger partial charge on any atom is 0.337 e. The summed E-state index contributed by atoms with van der Waals surface area (Å²) in [5, 5.41) is 0. The van der Waals surface area contributed by atoms with Crippen LogP contribution < -0.4 is 0 Å². The molecule has 2 nitrogen and oxygen atoms in total. The van der Waals surface area contributed by atoms with Crippen molar-refractivity contribution in [3.63, 3.8) is 0 Å². The number of methoxy groups -OCH3 is 1. The van der Waals surface area contributed by atoms with Crippen molar-refractivity contribution >= 4 is 32.5 Å². The highest BCUT2D eigenvalue weighted by molar-refractivity contribution is 9.15. The molecule has 96 valence electrons. The van der Waals surface area contributed by atoms with Crippen molar-refractivity contribution in [1.82, 2.24) is 0 Å². The van der Waals surface area contributed by atoms with Crippen LogP contribution >= 0.6 is 15.9 Å². The van der Waals surface area contributed by atoms with Gasteiger partial charge in [-0.15, -0.1) is 0 Å². The fourth-order valence-electron chi connectivity index (χ4n) is 1.66. The van der Waals surface area contributed by atoms with Gasteiger partial charge >= 0.3 is 5.97 Å². The van der Waals surface area contributed by atoms with E-state index >= 15 is 0 Å². The summed E-state index contributed by atoms with van der Waals surface area (Å²) >= 11 is 3.55. The second-order valence-electron chi connectivity index (χ2n) is 3.97. The third-order valence-corrected chi connectivity index (χ3v) is 3.36. The molecule has 19 heavy (non-hydrogen) atoms. The van der Waals surface area contributed by atoms with E-state index < -0.39 is 0 Å². The van der Waals surface area contributed by atoms with Crippen LogP contribution in [0.2, 0.25) is 0 Å². The Labute approximate surface area is 120 Å². The molecule has 2 aromatic rings. The van der Waals surface area contributed by atoms with Crippen molar-refractivity contribution in [2.75, 3.05) is 7.11 Å². The zero-order valence-electron chi connectivity index (χ0n) is 10.5. The summed E-state index contributed by atoms with van der Waals surface area (Å²) in [5.41, 5.74) is 2.68. The van der Waals surface area contributed by atoms with Crippen LogP contribution in [0.5, 0.6) is 0 Å². The minimum Gasteiger partial charge on any atom is -0.465 e. The Morgan fingerprint density at radius 2 is 1.58 bits per heavy atom. The monoisotopic (exact) mass is 316 g/mol. The number of carbonyl (C=O) groups is 1. The summed E-state index contributed by atoms with van der Waals surface area (Å²) in [7, 11) is 1.38. The van der Waals surface area contributed by atoms with Gasteiger partial charge in [0.1, 0.15) is 0 Å². The van der Waals surface area contributed by atoms with E-state index in [2.05, 4.69) is 20.7 Å².